The number of aliphatic carboxylic acids is 1. The van der Waals surface area contributed by atoms with E-state index in [2.05, 4.69) is 4.98 Å². The molecular weight excluding hydrogens is 324 g/mol. The Bertz CT molecular complexity index is 682. The third-order valence-electron chi connectivity index (χ3n) is 4.11. The number of aryl methyl sites for hydroxylation is 1. The third-order valence-corrected chi connectivity index (χ3v) is 6.45. The fraction of sp³-hybridized carbons (Fsp3) is 0.500. The Balaban J connectivity index is 1.97. The highest BCUT2D eigenvalue weighted by molar-refractivity contribution is 8.04. The number of thioether (sulfide) groups is 1. The first kappa shape index (κ1) is 15.5. The number of nitrogens with zero attached hydrogens (tertiary/aromatic N) is 2. The molecule has 1 fully saturated rings. The van der Waals surface area contributed by atoms with Crippen LogP contribution in [-0.2, 0) is 9.59 Å². The van der Waals surface area contributed by atoms with Crippen molar-refractivity contribution in [1.29, 1.82) is 0 Å². The molecule has 0 saturated carbocycles. The van der Waals surface area contributed by atoms with Crippen LogP contribution in [0.25, 0.3) is 0 Å². The van der Waals surface area contributed by atoms with E-state index in [1.54, 1.807) is 6.92 Å². The summed E-state index contributed by atoms with van der Waals surface area (Å²) in [5.41, 5.74) is 0.925. The van der Waals surface area contributed by atoms with Crippen LogP contribution in [0, 0.1) is 18.8 Å². The minimum atomic E-state index is -1.11. The normalized spacial score (nSPS) is 28.6. The zero-order valence-corrected chi connectivity index (χ0v) is 13.9. The largest absolute Gasteiger partial charge is 0.477 e. The van der Waals surface area contributed by atoms with Gasteiger partial charge in [-0.15, -0.1) is 11.3 Å². The van der Waals surface area contributed by atoms with Crippen molar-refractivity contribution in [1.82, 2.24) is 9.88 Å². The summed E-state index contributed by atoms with van der Waals surface area (Å²) in [6, 6.07) is -0.276. The van der Waals surface area contributed by atoms with Crippen molar-refractivity contribution < 1.29 is 19.8 Å². The van der Waals surface area contributed by atoms with Crippen molar-refractivity contribution in [2.24, 2.45) is 11.8 Å². The molecule has 3 heterocycles. The van der Waals surface area contributed by atoms with Crippen LogP contribution in [0.5, 0.6) is 0 Å². The van der Waals surface area contributed by atoms with Crippen molar-refractivity contribution in [3.8, 4) is 0 Å². The van der Waals surface area contributed by atoms with E-state index in [9.17, 15) is 19.8 Å². The topological polar surface area (TPSA) is 90.7 Å². The van der Waals surface area contributed by atoms with Crippen molar-refractivity contribution in [3.05, 3.63) is 21.7 Å². The highest BCUT2D eigenvalue weighted by Crippen LogP contribution is 2.52. The molecule has 0 aliphatic carbocycles. The van der Waals surface area contributed by atoms with E-state index in [0.29, 0.717) is 4.91 Å². The van der Waals surface area contributed by atoms with Gasteiger partial charge in [-0.1, -0.05) is 18.7 Å². The van der Waals surface area contributed by atoms with Crippen LogP contribution in [0.3, 0.4) is 0 Å². The van der Waals surface area contributed by atoms with Gasteiger partial charge in [0, 0.05) is 21.9 Å². The molecule has 0 spiro atoms. The molecule has 1 aromatic heterocycles. The van der Waals surface area contributed by atoms with Gasteiger partial charge in [0.1, 0.15) is 5.70 Å². The number of carboxylic acid groups (broad SMARTS) is 1. The maximum absolute atomic E-state index is 12.2. The lowest BCUT2D eigenvalue weighted by Crippen LogP contribution is -2.63. The molecule has 0 unspecified atom stereocenters. The van der Waals surface area contributed by atoms with E-state index in [1.165, 1.54) is 28.0 Å². The van der Waals surface area contributed by atoms with Crippen LogP contribution < -0.4 is 0 Å². The molecule has 0 bridgehead atoms. The van der Waals surface area contributed by atoms with Crippen molar-refractivity contribution in [2.45, 2.75) is 37.3 Å². The molecule has 4 atom stereocenters. The molecule has 0 radical (unpaired) electrons. The van der Waals surface area contributed by atoms with E-state index >= 15 is 0 Å². The van der Waals surface area contributed by atoms with E-state index in [4.69, 9.17) is 0 Å². The van der Waals surface area contributed by atoms with E-state index in [-0.39, 0.29) is 23.6 Å². The number of aromatic nitrogens is 1. The summed E-state index contributed by atoms with van der Waals surface area (Å²) in [6.07, 6.45) is -0.780. The summed E-state index contributed by atoms with van der Waals surface area (Å²) in [5, 5.41) is 21.2. The molecule has 0 aromatic carbocycles. The fourth-order valence-electron chi connectivity index (χ4n) is 3.13. The molecule has 1 aromatic rings. The monoisotopic (exact) mass is 340 g/mol. The molecule has 8 heteroatoms. The molecule has 2 aliphatic rings. The number of fused-ring (bicyclic) bond motifs is 1. The van der Waals surface area contributed by atoms with E-state index in [1.807, 2.05) is 19.2 Å². The highest BCUT2D eigenvalue weighted by Gasteiger charge is 2.60. The molecule has 2 N–H and O–H groups in total. The Kier molecular flexibility index (Phi) is 3.78. The summed E-state index contributed by atoms with van der Waals surface area (Å²) in [7, 11) is 0. The average molecular weight is 340 g/mol. The summed E-state index contributed by atoms with van der Waals surface area (Å²) in [4.78, 5) is 30.1. The number of carboxylic acids is 1. The van der Waals surface area contributed by atoms with Gasteiger partial charge in [0.05, 0.1) is 18.1 Å². The lowest BCUT2D eigenvalue weighted by atomic mass is 9.79. The molecule has 1 saturated heterocycles. The number of β-lactam (4-membered cyclic amide) rings is 1. The second-order valence-corrected chi connectivity index (χ2v) is 7.78. The molecule has 3 rings (SSSR count). The second kappa shape index (κ2) is 5.36. The molecular formula is C14H16N2O4S2. The second-order valence-electron chi connectivity index (χ2n) is 5.63. The number of carbonyl (C=O) groups excluding carboxylic acids is 1. The van der Waals surface area contributed by atoms with Crippen molar-refractivity contribution in [3.63, 3.8) is 0 Å². The number of rotatable bonds is 4. The molecule has 2 aliphatic heterocycles. The average Bonchev–Trinajstić information content (AvgIpc) is 2.92. The summed E-state index contributed by atoms with van der Waals surface area (Å²) in [6.45, 7) is 5.35. The maximum atomic E-state index is 12.2. The van der Waals surface area contributed by atoms with Gasteiger partial charge in [0.2, 0.25) is 5.91 Å². The van der Waals surface area contributed by atoms with Crippen LogP contribution >= 0.6 is 23.1 Å². The molecule has 22 heavy (non-hydrogen) atoms. The first-order valence-corrected chi connectivity index (χ1v) is 8.61. The minimum absolute atomic E-state index is 0.0391. The number of aliphatic hydroxyl groups excluding tert-OH is 1. The Labute approximate surface area is 135 Å². The van der Waals surface area contributed by atoms with Gasteiger partial charge in [-0.2, -0.15) is 0 Å². The summed E-state index contributed by atoms with van der Waals surface area (Å²) < 4.78 is 0.765. The Morgan fingerprint density at radius 1 is 1.55 bits per heavy atom. The third kappa shape index (κ3) is 2.17. The number of hydrogen-bond acceptors (Lipinski definition) is 6. The van der Waals surface area contributed by atoms with Gasteiger partial charge in [-0.25, -0.2) is 9.78 Å². The zero-order chi connectivity index (χ0) is 16.2. The quantitative estimate of drug-likeness (QED) is 0.811. The van der Waals surface area contributed by atoms with E-state index < -0.39 is 18.0 Å². The van der Waals surface area contributed by atoms with Crippen LogP contribution in [0.15, 0.2) is 20.3 Å². The number of hydrogen-bond donors (Lipinski definition) is 2. The van der Waals surface area contributed by atoms with Gasteiger partial charge >= 0.3 is 5.97 Å². The number of aliphatic hydroxyl groups is 1. The van der Waals surface area contributed by atoms with Crippen LogP contribution in [0.2, 0.25) is 0 Å². The Morgan fingerprint density at radius 3 is 2.73 bits per heavy atom. The first-order valence-electron chi connectivity index (χ1n) is 6.91. The number of amides is 1. The smallest absolute Gasteiger partial charge is 0.353 e. The SMILES string of the molecule is Cc1csc(SC2=C(C(=O)O)N3C(=O)[C@H]([C@@H](C)O)[C@H]3[C@H]2C)n1. The summed E-state index contributed by atoms with van der Waals surface area (Å²) >= 11 is 2.77. The lowest BCUT2D eigenvalue weighted by molar-refractivity contribution is -0.163. The molecule has 118 valence electrons. The van der Waals surface area contributed by atoms with Gasteiger partial charge < -0.3 is 15.1 Å². The van der Waals surface area contributed by atoms with Gasteiger partial charge in [-0.3, -0.25) is 4.79 Å². The van der Waals surface area contributed by atoms with Crippen molar-refractivity contribution >= 4 is 35.0 Å². The first-order chi connectivity index (χ1) is 10.3. The van der Waals surface area contributed by atoms with Crippen LogP contribution in [0.1, 0.15) is 19.5 Å². The van der Waals surface area contributed by atoms with Gasteiger partial charge in [0.25, 0.3) is 0 Å². The van der Waals surface area contributed by atoms with E-state index in [0.717, 1.165) is 10.0 Å². The fourth-order valence-corrected chi connectivity index (χ4v) is 5.24. The van der Waals surface area contributed by atoms with Crippen LogP contribution in [-0.4, -0.2) is 44.1 Å². The zero-order valence-electron chi connectivity index (χ0n) is 12.3. The minimum Gasteiger partial charge on any atom is -0.477 e. The highest BCUT2D eigenvalue weighted by atomic mass is 32.2. The maximum Gasteiger partial charge on any atom is 0.353 e. The van der Waals surface area contributed by atoms with Crippen molar-refractivity contribution in [2.75, 3.05) is 0 Å². The Hall–Kier alpha value is -1.38. The number of carbonyl (C=O) groups is 2. The van der Waals surface area contributed by atoms with Gasteiger partial charge in [0.15, 0.2) is 4.34 Å². The molecule has 1 amide bonds. The predicted octanol–water partition coefficient (Wildman–Crippen LogP) is 1.70. The number of thiazole rings is 1. The molecule has 6 nitrogen and oxygen atoms in total. The standard InChI is InChI=1S/C14H16N2O4S2/c1-5-4-21-14(15-5)22-11-6(2)9-8(7(3)17)12(18)16(9)10(11)13(19)20/h4,6-9,17H,1-3H3,(H,19,20)/t6-,7-,8-,9-/m1/s1. The predicted molar refractivity (Wildman–Crippen MR) is 82.3 cm³/mol. The lowest BCUT2D eigenvalue weighted by Gasteiger charge is -2.46. The van der Waals surface area contributed by atoms with Crippen LogP contribution in [0.4, 0.5) is 0 Å². The van der Waals surface area contributed by atoms with Gasteiger partial charge in [-0.05, 0) is 13.8 Å². The Morgan fingerprint density at radius 2 is 2.23 bits per heavy atom. The summed E-state index contributed by atoms with van der Waals surface area (Å²) in [5.74, 6) is -2.07.